The minimum atomic E-state index is 0.335. The van der Waals surface area contributed by atoms with Gasteiger partial charge < -0.3 is 11.1 Å². The fourth-order valence-corrected chi connectivity index (χ4v) is 6.95. The van der Waals surface area contributed by atoms with Gasteiger partial charge >= 0.3 is 0 Å². The number of aryl methyl sites for hydroxylation is 1. The molecule has 2 nitrogen and oxygen atoms in total. The molecule has 0 heterocycles. The van der Waals surface area contributed by atoms with Crippen molar-refractivity contribution in [3.8, 4) is 0 Å². The first kappa shape index (κ1) is 27.6. The maximum Gasteiger partial charge on any atom is 0.0205 e. The third kappa shape index (κ3) is 6.54. The topological polar surface area (TPSA) is 38.0 Å². The van der Waals surface area contributed by atoms with Gasteiger partial charge in [-0.2, -0.15) is 0 Å². The highest BCUT2D eigenvalue weighted by Crippen LogP contribution is 2.56. The summed E-state index contributed by atoms with van der Waals surface area (Å²) < 4.78 is 0. The lowest BCUT2D eigenvalue weighted by Gasteiger charge is -2.55. The molecule has 37 heavy (non-hydrogen) atoms. The summed E-state index contributed by atoms with van der Waals surface area (Å²) in [7, 11) is 0. The molecule has 0 radical (unpaired) electrons. The molecule has 2 aliphatic carbocycles. The molecule has 3 aromatic carbocycles. The molecule has 0 saturated heterocycles. The standard InChI is InChI=1S/C20H31N.C15H17N/c1-14(2)15-6-8-17-16(12-15)7-9-18-19(3,13-21)10-5-11-20(17,18)4;1-3-7-14(8-4-1)11-12-16-13-15-9-5-2-6-10-15/h6,8,12,14,18H,5,7,9-11,13,21H2,1-4H3;1-10,16H,11-13H2/t18-,19-,20+;/m0./s1. The Morgan fingerprint density at radius 2 is 1.57 bits per heavy atom. The molecule has 3 aromatic rings. The van der Waals surface area contributed by atoms with Crippen molar-refractivity contribution >= 4 is 0 Å². The maximum absolute atomic E-state index is 6.19. The van der Waals surface area contributed by atoms with Gasteiger partial charge in [0.1, 0.15) is 0 Å². The molecular formula is C35H48N2. The lowest BCUT2D eigenvalue weighted by molar-refractivity contribution is 0.0326. The maximum atomic E-state index is 6.19. The minimum absolute atomic E-state index is 0.335. The van der Waals surface area contributed by atoms with Crippen molar-refractivity contribution in [2.45, 2.75) is 84.1 Å². The van der Waals surface area contributed by atoms with Crippen LogP contribution in [0.4, 0.5) is 0 Å². The first-order chi connectivity index (χ1) is 17.9. The molecule has 3 atom stereocenters. The van der Waals surface area contributed by atoms with E-state index in [9.17, 15) is 0 Å². The lowest BCUT2D eigenvalue weighted by Crippen LogP contribution is -2.51. The summed E-state index contributed by atoms with van der Waals surface area (Å²) in [5, 5.41) is 3.45. The third-order valence-corrected chi connectivity index (χ3v) is 9.24. The molecule has 0 aliphatic heterocycles. The van der Waals surface area contributed by atoms with Gasteiger partial charge in [0.05, 0.1) is 0 Å². The fourth-order valence-electron chi connectivity index (χ4n) is 6.95. The zero-order valence-corrected chi connectivity index (χ0v) is 23.6. The SMILES string of the molecule is CC(C)c1ccc2c(c1)CC[C@H]1[C@](C)(CN)CCC[C@]21C.c1ccc(CCNCc2ccccc2)cc1. The summed E-state index contributed by atoms with van der Waals surface area (Å²) >= 11 is 0. The molecule has 1 saturated carbocycles. The van der Waals surface area contributed by atoms with Crippen LogP contribution in [-0.4, -0.2) is 13.1 Å². The zero-order chi connectivity index (χ0) is 26.3. The number of nitrogens with one attached hydrogen (secondary N) is 1. The van der Waals surface area contributed by atoms with Crippen LogP contribution in [0.3, 0.4) is 0 Å². The summed E-state index contributed by atoms with van der Waals surface area (Å²) in [6, 6.07) is 28.4. The van der Waals surface area contributed by atoms with Crippen molar-refractivity contribution in [3.05, 3.63) is 107 Å². The van der Waals surface area contributed by atoms with Crippen LogP contribution in [-0.2, 0) is 24.8 Å². The number of rotatable bonds is 7. The number of nitrogens with two attached hydrogens (primary N) is 1. The first-order valence-electron chi connectivity index (χ1n) is 14.5. The molecule has 0 amide bonds. The van der Waals surface area contributed by atoms with Crippen molar-refractivity contribution in [1.82, 2.24) is 5.32 Å². The van der Waals surface area contributed by atoms with Crippen molar-refractivity contribution in [3.63, 3.8) is 0 Å². The quantitative estimate of drug-likeness (QED) is 0.328. The molecule has 3 N–H and O–H groups in total. The van der Waals surface area contributed by atoms with Gasteiger partial charge in [-0.1, -0.05) is 113 Å². The van der Waals surface area contributed by atoms with Crippen LogP contribution in [0.5, 0.6) is 0 Å². The molecule has 2 heteroatoms. The average Bonchev–Trinajstić information content (AvgIpc) is 2.92. The van der Waals surface area contributed by atoms with E-state index >= 15 is 0 Å². The summed E-state index contributed by atoms with van der Waals surface area (Å²) in [6.45, 7) is 12.3. The molecule has 0 spiro atoms. The number of hydrogen-bond donors (Lipinski definition) is 2. The van der Waals surface area contributed by atoms with E-state index in [0.29, 0.717) is 16.7 Å². The summed E-state index contributed by atoms with van der Waals surface area (Å²) in [5.74, 6) is 1.38. The molecule has 5 rings (SSSR count). The second kappa shape index (κ2) is 12.4. The van der Waals surface area contributed by atoms with E-state index < -0.39 is 0 Å². The van der Waals surface area contributed by atoms with Crippen LogP contribution in [0.1, 0.15) is 87.1 Å². The Morgan fingerprint density at radius 1 is 0.892 bits per heavy atom. The molecule has 0 unspecified atom stereocenters. The zero-order valence-electron chi connectivity index (χ0n) is 23.6. The fraction of sp³-hybridized carbons (Fsp3) is 0.486. The Balaban J connectivity index is 0.000000180. The Bertz CT molecular complexity index is 1070. The van der Waals surface area contributed by atoms with Gasteiger partial charge in [-0.05, 0) is 95.7 Å². The molecule has 198 valence electrons. The van der Waals surface area contributed by atoms with Gasteiger partial charge in [0.15, 0.2) is 0 Å². The van der Waals surface area contributed by atoms with Gasteiger partial charge in [-0.25, -0.2) is 0 Å². The Kier molecular flexibility index (Phi) is 9.27. The molecular weight excluding hydrogens is 448 g/mol. The minimum Gasteiger partial charge on any atom is -0.330 e. The number of benzene rings is 3. The van der Waals surface area contributed by atoms with Crippen LogP contribution < -0.4 is 11.1 Å². The average molecular weight is 497 g/mol. The van der Waals surface area contributed by atoms with Crippen LogP contribution in [0, 0.1) is 11.3 Å². The highest BCUT2D eigenvalue weighted by Gasteiger charge is 2.50. The smallest absolute Gasteiger partial charge is 0.0205 e. The van der Waals surface area contributed by atoms with E-state index in [1.807, 2.05) is 6.07 Å². The van der Waals surface area contributed by atoms with Gasteiger partial charge in [0.2, 0.25) is 0 Å². The van der Waals surface area contributed by atoms with E-state index in [-0.39, 0.29) is 0 Å². The van der Waals surface area contributed by atoms with Gasteiger partial charge in [0, 0.05) is 6.54 Å². The van der Waals surface area contributed by atoms with Crippen molar-refractivity contribution in [2.75, 3.05) is 13.1 Å². The summed E-state index contributed by atoms with van der Waals surface area (Å²) in [4.78, 5) is 0. The highest BCUT2D eigenvalue weighted by atomic mass is 14.8. The predicted molar refractivity (Wildman–Crippen MR) is 159 cm³/mol. The highest BCUT2D eigenvalue weighted by molar-refractivity contribution is 5.42. The van der Waals surface area contributed by atoms with Gasteiger partial charge in [-0.3, -0.25) is 0 Å². The van der Waals surface area contributed by atoms with Crippen molar-refractivity contribution in [2.24, 2.45) is 17.1 Å². The van der Waals surface area contributed by atoms with E-state index in [2.05, 4.69) is 106 Å². The largest absolute Gasteiger partial charge is 0.330 e. The monoisotopic (exact) mass is 496 g/mol. The van der Waals surface area contributed by atoms with E-state index in [4.69, 9.17) is 5.73 Å². The van der Waals surface area contributed by atoms with Crippen molar-refractivity contribution < 1.29 is 0 Å². The molecule has 0 bridgehead atoms. The predicted octanol–water partition coefficient (Wildman–Crippen LogP) is 7.80. The van der Waals surface area contributed by atoms with E-state index in [1.54, 1.807) is 11.1 Å². The van der Waals surface area contributed by atoms with Gasteiger partial charge in [0.25, 0.3) is 0 Å². The van der Waals surface area contributed by atoms with Crippen LogP contribution in [0.2, 0.25) is 0 Å². The Hall–Kier alpha value is -2.42. The molecule has 2 aliphatic rings. The van der Waals surface area contributed by atoms with Crippen LogP contribution in [0.25, 0.3) is 0 Å². The van der Waals surface area contributed by atoms with Gasteiger partial charge in [-0.15, -0.1) is 0 Å². The Labute approximate surface area is 226 Å². The normalized spacial score (nSPS) is 24.5. The summed E-state index contributed by atoms with van der Waals surface area (Å²) in [5.41, 5.74) is 14.3. The Morgan fingerprint density at radius 3 is 2.22 bits per heavy atom. The van der Waals surface area contributed by atoms with Crippen LogP contribution in [0.15, 0.2) is 78.9 Å². The number of hydrogen-bond acceptors (Lipinski definition) is 2. The third-order valence-electron chi connectivity index (χ3n) is 9.24. The second-order valence-corrected chi connectivity index (χ2v) is 12.2. The first-order valence-corrected chi connectivity index (χ1v) is 14.5. The van der Waals surface area contributed by atoms with E-state index in [0.717, 1.165) is 32.0 Å². The molecule has 1 fully saturated rings. The van der Waals surface area contributed by atoms with E-state index in [1.165, 1.54) is 48.8 Å². The molecule has 0 aromatic heterocycles. The van der Waals surface area contributed by atoms with Crippen LogP contribution >= 0.6 is 0 Å². The lowest BCUT2D eigenvalue weighted by atomic mass is 9.50. The number of fused-ring (bicyclic) bond motifs is 3. The summed E-state index contributed by atoms with van der Waals surface area (Å²) in [6.07, 6.45) is 7.62. The second-order valence-electron chi connectivity index (χ2n) is 12.2. The van der Waals surface area contributed by atoms with Crippen molar-refractivity contribution in [1.29, 1.82) is 0 Å².